The first-order valence-corrected chi connectivity index (χ1v) is 9.86. The number of fused-ring (bicyclic) bond motifs is 3. The van der Waals surface area contributed by atoms with E-state index in [4.69, 9.17) is 0 Å². The number of allylic oxidation sites excluding steroid dienone is 1. The van der Waals surface area contributed by atoms with Crippen molar-refractivity contribution in [3.63, 3.8) is 0 Å². The number of rotatable bonds is 3. The Morgan fingerprint density at radius 2 is 1.19 bits per heavy atom. The number of hydrogen-bond donors (Lipinski definition) is 0. The minimum atomic E-state index is 1.01. The van der Waals surface area contributed by atoms with Crippen LogP contribution in [0.3, 0.4) is 0 Å². The van der Waals surface area contributed by atoms with Crippen LogP contribution >= 0.6 is 0 Å². The van der Waals surface area contributed by atoms with Gasteiger partial charge in [-0.2, -0.15) is 0 Å². The SMILES string of the molecule is C=C.C=Cc1cc2c(cc1C=C)-c1cc(C)c(/C=C\C)cc1C2.CC.CC. The van der Waals surface area contributed by atoms with Crippen LogP contribution in [0.15, 0.2) is 56.7 Å². The summed E-state index contributed by atoms with van der Waals surface area (Å²) in [5.41, 5.74) is 10.5. The van der Waals surface area contributed by atoms with Crippen LogP contribution in [0.25, 0.3) is 29.4 Å². The summed E-state index contributed by atoms with van der Waals surface area (Å²) in [7, 11) is 0. The zero-order chi connectivity index (χ0) is 21.0. The van der Waals surface area contributed by atoms with Gasteiger partial charge in [0.2, 0.25) is 0 Å². The van der Waals surface area contributed by atoms with Crippen LogP contribution in [0.4, 0.5) is 0 Å². The molecule has 144 valence electrons. The quantitative estimate of drug-likeness (QED) is 0.409. The van der Waals surface area contributed by atoms with Crippen molar-refractivity contribution in [2.24, 2.45) is 0 Å². The zero-order valence-corrected chi connectivity index (χ0v) is 18.2. The van der Waals surface area contributed by atoms with Gasteiger partial charge in [-0.1, -0.05) is 83.4 Å². The van der Waals surface area contributed by atoms with Crippen molar-refractivity contribution in [2.45, 2.75) is 48.0 Å². The van der Waals surface area contributed by atoms with Crippen LogP contribution in [0, 0.1) is 6.92 Å². The largest absolute Gasteiger partial charge is 0.106 e. The molecule has 0 saturated carbocycles. The van der Waals surface area contributed by atoms with Gasteiger partial charge >= 0.3 is 0 Å². The normalized spacial score (nSPS) is 10.1. The van der Waals surface area contributed by atoms with Gasteiger partial charge in [0.05, 0.1) is 0 Å². The number of hydrogen-bond acceptors (Lipinski definition) is 0. The molecular weight excluding hydrogens is 324 g/mol. The summed E-state index contributed by atoms with van der Waals surface area (Å²) in [6.07, 6.45) is 9.12. The molecular formula is C27H36. The van der Waals surface area contributed by atoms with E-state index in [1.807, 2.05) is 39.8 Å². The monoisotopic (exact) mass is 360 g/mol. The zero-order valence-electron chi connectivity index (χ0n) is 18.2. The lowest BCUT2D eigenvalue weighted by Gasteiger charge is -2.08. The molecule has 0 amide bonds. The smallest absolute Gasteiger partial charge is 0.00130 e. The van der Waals surface area contributed by atoms with E-state index in [2.05, 4.69) is 76.6 Å². The van der Waals surface area contributed by atoms with Crippen molar-refractivity contribution in [1.82, 2.24) is 0 Å². The standard InChI is InChI=1S/C21H20.2C2H6.C2H4/c1-5-8-17-11-19-12-18-10-15(6-2)16(7-3)13-21(18)20(19)9-14(17)4;3*1-2/h5-11,13H,2-3,12H2,1,4H3;2*1-2H3;1-2H2/b8-5-;;;. The minimum absolute atomic E-state index is 1.01. The first-order chi connectivity index (χ1) is 13.2. The Morgan fingerprint density at radius 3 is 1.67 bits per heavy atom. The second-order valence-corrected chi connectivity index (χ2v) is 5.59. The summed E-state index contributed by atoms with van der Waals surface area (Å²) in [5, 5.41) is 0. The molecule has 2 aromatic rings. The maximum absolute atomic E-state index is 3.92. The molecule has 0 saturated heterocycles. The van der Waals surface area contributed by atoms with E-state index in [0.717, 1.165) is 12.0 Å². The van der Waals surface area contributed by atoms with E-state index in [1.54, 1.807) is 0 Å². The minimum Gasteiger partial charge on any atom is -0.106 e. The molecule has 1 aliphatic rings. The third-order valence-electron chi connectivity index (χ3n) is 4.26. The van der Waals surface area contributed by atoms with Gasteiger partial charge < -0.3 is 0 Å². The van der Waals surface area contributed by atoms with Crippen molar-refractivity contribution in [3.05, 3.63) is 90.0 Å². The molecule has 0 atom stereocenters. The van der Waals surface area contributed by atoms with E-state index in [0.29, 0.717) is 0 Å². The molecule has 0 fully saturated rings. The van der Waals surface area contributed by atoms with Gasteiger partial charge in [-0.05, 0) is 70.8 Å². The molecule has 0 N–H and O–H groups in total. The lowest BCUT2D eigenvalue weighted by Crippen LogP contribution is -1.87. The van der Waals surface area contributed by atoms with E-state index < -0.39 is 0 Å². The molecule has 0 nitrogen and oxygen atoms in total. The van der Waals surface area contributed by atoms with Gasteiger partial charge in [-0.3, -0.25) is 0 Å². The predicted molar refractivity (Wildman–Crippen MR) is 128 cm³/mol. The Hall–Kier alpha value is -2.60. The molecule has 3 rings (SSSR count). The Kier molecular flexibility index (Phi) is 11.5. The fourth-order valence-corrected chi connectivity index (χ4v) is 3.16. The number of aryl methyl sites for hydroxylation is 1. The third-order valence-corrected chi connectivity index (χ3v) is 4.26. The molecule has 0 spiro atoms. The van der Waals surface area contributed by atoms with Gasteiger partial charge in [-0.15, -0.1) is 13.2 Å². The van der Waals surface area contributed by atoms with Gasteiger partial charge in [-0.25, -0.2) is 0 Å². The molecule has 2 aromatic carbocycles. The van der Waals surface area contributed by atoms with Crippen LogP contribution in [-0.4, -0.2) is 0 Å². The first-order valence-electron chi connectivity index (χ1n) is 9.86. The molecule has 0 bridgehead atoms. The van der Waals surface area contributed by atoms with Crippen molar-refractivity contribution in [1.29, 1.82) is 0 Å². The van der Waals surface area contributed by atoms with Crippen molar-refractivity contribution in [3.8, 4) is 11.1 Å². The lowest BCUT2D eigenvalue weighted by atomic mass is 9.96. The Labute approximate surface area is 167 Å². The highest BCUT2D eigenvalue weighted by atomic mass is 14.2. The summed E-state index contributed by atoms with van der Waals surface area (Å²) in [6.45, 7) is 26.1. The van der Waals surface area contributed by atoms with E-state index in [-0.39, 0.29) is 0 Å². The van der Waals surface area contributed by atoms with Gasteiger partial charge in [0, 0.05) is 0 Å². The van der Waals surface area contributed by atoms with Crippen molar-refractivity contribution in [2.75, 3.05) is 0 Å². The maximum atomic E-state index is 3.92. The maximum Gasteiger partial charge on any atom is -0.00130 e. The molecule has 1 aliphatic carbocycles. The van der Waals surface area contributed by atoms with Gasteiger partial charge in [0.15, 0.2) is 0 Å². The highest BCUT2D eigenvalue weighted by Gasteiger charge is 2.20. The third kappa shape index (κ3) is 5.44. The van der Waals surface area contributed by atoms with Crippen molar-refractivity contribution < 1.29 is 0 Å². The summed E-state index contributed by atoms with van der Waals surface area (Å²) < 4.78 is 0. The van der Waals surface area contributed by atoms with E-state index in [9.17, 15) is 0 Å². The summed E-state index contributed by atoms with van der Waals surface area (Å²) in [6, 6.07) is 9.15. The fraction of sp³-hybridized carbons (Fsp3) is 0.259. The highest BCUT2D eigenvalue weighted by molar-refractivity contribution is 5.83. The Bertz CT molecular complexity index is 788. The summed E-state index contributed by atoms with van der Waals surface area (Å²) in [4.78, 5) is 0. The van der Waals surface area contributed by atoms with Crippen LogP contribution in [0.5, 0.6) is 0 Å². The van der Waals surface area contributed by atoms with E-state index >= 15 is 0 Å². The van der Waals surface area contributed by atoms with Crippen LogP contribution in [-0.2, 0) is 6.42 Å². The topological polar surface area (TPSA) is 0 Å². The van der Waals surface area contributed by atoms with Crippen LogP contribution in [0.1, 0.15) is 68.0 Å². The average Bonchev–Trinajstić information content (AvgIpc) is 3.08. The molecule has 27 heavy (non-hydrogen) atoms. The molecule has 0 heteroatoms. The van der Waals surface area contributed by atoms with Gasteiger partial charge in [0.25, 0.3) is 0 Å². The molecule has 0 aromatic heterocycles. The van der Waals surface area contributed by atoms with Crippen LogP contribution < -0.4 is 0 Å². The summed E-state index contributed by atoms with van der Waals surface area (Å²) in [5.74, 6) is 0. The molecule has 0 unspecified atom stereocenters. The average molecular weight is 361 g/mol. The first kappa shape index (κ1) is 24.4. The lowest BCUT2D eigenvalue weighted by molar-refractivity contribution is 1.25. The predicted octanol–water partition coefficient (Wildman–Crippen LogP) is 8.74. The molecule has 0 heterocycles. The Morgan fingerprint density at radius 1 is 0.741 bits per heavy atom. The Balaban J connectivity index is 0.00000103. The molecule has 0 aliphatic heterocycles. The second kappa shape index (κ2) is 12.7. The highest BCUT2D eigenvalue weighted by Crippen LogP contribution is 2.40. The summed E-state index contributed by atoms with van der Waals surface area (Å²) >= 11 is 0. The fourth-order valence-electron chi connectivity index (χ4n) is 3.16. The second-order valence-electron chi connectivity index (χ2n) is 5.59. The van der Waals surface area contributed by atoms with Gasteiger partial charge in [0.1, 0.15) is 0 Å². The van der Waals surface area contributed by atoms with Crippen molar-refractivity contribution >= 4 is 18.2 Å². The number of benzene rings is 2. The van der Waals surface area contributed by atoms with E-state index in [1.165, 1.54) is 38.9 Å². The van der Waals surface area contributed by atoms with Crippen LogP contribution in [0.2, 0.25) is 0 Å². The molecule has 0 radical (unpaired) electrons.